The fourth-order valence-corrected chi connectivity index (χ4v) is 1.21. The molecule has 0 aliphatic carbocycles. The number of ether oxygens (including phenoxy) is 1. The summed E-state index contributed by atoms with van der Waals surface area (Å²) < 4.78 is 4.89. The molecule has 0 aromatic carbocycles. The van der Waals surface area contributed by atoms with Crippen LogP contribution >= 0.6 is 0 Å². The smallest absolute Gasteiger partial charge is 0.309 e. The van der Waals surface area contributed by atoms with Gasteiger partial charge in [0.1, 0.15) is 0 Å². The number of aliphatic hydroxyl groups excluding tert-OH is 1. The molecule has 0 rings (SSSR count). The second kappa shape index (κ2) is 7.65. The van der Waals surface area contributed by atoms with E-state index >= 15 is 0 Å². The van der Waals surface area contributed by atoms with Gasteiger partial charge in [0.2, 0.25) is 0 Å². The fourth-order valence-electron chi connectivity index (χ4n) is 1.21. The molecule has 0 aromatic rings. The van der Waals surface area contributed by atoms with Crippen LogP contribution in [0.4, 0.5) is 0 Å². The largest absolute Gasteiger partial charge is 0.466 e. The maximum Gasteiger partial charge on any atom is 0.309 e. The molecule has 0 saturated heterocycles. The lowest BCUT2D eigenvalue weighted by Gasteiger charge is -2.21. The summed E-state index contributed by atoms with van der Waals surface area (Å²) in [5, 5.41) is 12.2. The fraction of sp³-hybridized carbons (Fsp3) is 0.909. The van der Waals surface area contributed by atoms with E-state index in [1.807, 2.05) is 20.8 Å². The number of carbonyl (C=O) groups excluding carboxylic acids is 1. The Kier molecular flexibility index (Phi) is 7.34. The van der Waals surface area contributed by atoms with E-state index in [4.69, 9.17) is 9.84 Å². The summed E-state index contributed by atoms with van der Waals surface area (Å²) >= 11 is 0. The van der Waals surface area contributed by atoms with Crippen LogP contribution in [0.1, 0.15) is 27.7 Å². The molecule has 0 bridgehead atoms. The Morgan fingerprint density at radius 2 is 2.00 bits per heavy atom. The van der Waals surface area contributed by atoms with Crippen LogP contribution in [0.15, 0.2) is 0 Å². The standard InChI is InChI=1S/C11H23NO3/c1-5-15-11(14)9(4)6-12-10(7-13)8(2)3/h8-10,12-13H,5-7H2,1-4H3/t9?,10-/m1/s1. The first-order valence-corrected chi connectivity index (χ1v) is 5.53. The highest BCUT2D eigenvalue weighted by Crippen LogP contribution is 2.03. The topological polar surface area (TPSA) is 58.6 Å². The van der Waals surface area contributed by atoms with Crippen molar-refractivity contribution in [1.82, 2.24) is 5.32 Å². The quantitative estimate of drug-likeness (QED) is 0.619. The van der Waals surface area contributed by atoms with E-state index in [0.29, 0.717) is 19.1 Å². The molecule has 0 aromatic heterocycles. The second-order valence-corrected chi connectivity index (χ2v) is 4.09. The molecule has 0 radical (unpaired) electrons. The van der Waals surface area contributed by atoms with Crippen LogP contribution in [0.3, 0.4) is 0 Å². The molecule has 0 fully saturated rings. The number of aliphatic hydroxyl groups is 1. The van der Waals surface area contributed by atoms with Crippen LogP contribution in [0.5, 0.6) is 0 Å². The van der Waals surface area contributed by atoms with E-state index in [1.165, 1.54) is 0 Å². The normalized spacial score (nSPS) is 15.1. The van der Waals surface area contributed by atoms with Crippen LogP contribution < -0.4 is 5.32 Å². The Hall–Kier alpha value is -0.610. The van der Waals surface area contributed by atoms with Crippen molar-refractivity contribution in [3.63, 3.8) is 0 Å². The van der Waals surface area contributed by atoms with Crippen LogP contribution in [-0.4, -0.2) is 36.9 Å². The molecule has 90 valence electrons. The van der Waals surface area contributed by atoms with Crippen LogP contribution in [0, 0.1) is 11.8 Å². The van der Waals surface area contributed by atoms with Gasteiger partial charge in [0, 0.05) is 12.6 Å². The van der Waals surface area contributed by atoms with Gasteiger partial charge >= 0.3 is 5.97 Å². The third-order valence-electron chi connectivity index (χ3n) is 2.38. The summed E-state index contributed by atoms with van der Waals surface area (Å²) in [6, 6.07) is 0.0434. The third-order valence-corrected chi connectivity index (χ3v) is 2.38. The molecular weight excluding hydrogens is 194 g/mol. The monoisotopic (exact) mass is 217 g/mol. The summed E-state index contributed by atoms with van der Waals surface area (Å²) in [6.07, 6.45) is 0. The first-order valence-electron chi connectivity index (χ1n) is 5.53. The Labute approximate surface area is 92.0 Å². The van der Waals surface area contributed by atoms with Gasteiger partial charge in [-0.2, -0.15) is 0 Å². The molecule has 0 aliphatic heterocycles. The highest BCUT2D eigenvalue weighted by Gasteiger charge is 2.17. The Balaban J connectivity index is 3.87. The van der Waals surface area contributed by atoms with Gasteiger partial charge in [0.25, 0.3) is 0 Å². The SMILES string of the molecule is CCOC(=O)C(C)CN[C@H](CO)C(C)C. The van der Waals surface area contributed by atoms with E-state index in [1.54, 1.807) is 6.92 Å². The number of hydrogen-bond acceptors (Lipinski definition) is 4. The van der Waals surface area contributed by atoms with Crippen molar-refractivity contribution in [1.29, 1.82) is 0 Å². The molecule has 1 unspecified atom stereocenters. The van der Waals surface area contributed by atoms with Crippen molar-refractivity contribution in [2.45, 2.75) is 33.7 Å². The summed E-state index contributed by atoms with van der Waals surface area (Å²) in [5.74, 6) is -0.00686. The minimum absolute atomic E-state index is 0.0434. The van der Waals surface area contributed by atoms with E-state index < -0.39 is 0 Å². The second-order valence-electron chi connectivity index (χ2n) is 4.09. The first kappa shape index (κ1) is 14.4. The van der Waals surface area contributed by atoms with Gasteiger partial charge in [-0.15, -0.1) is 0 Å². The van der Waals surface area contributed by atoms with Crippen molar-refractivity contribution >= 4 is 5.97 Å². The minimum Gasteiger partial charge on any atom is -0.466 e. The maximum absolute atomic E-state index is 11.3. The summed E-state index contributed by atoms with van der Waals surface area (Å²) in [7, 11) is 0. The molecule has 0 spiro atoms. The van der Waals surface area contributed by atoms with Crippen LogP contribution in [0.25, 0.3) is 0 Å². The molecule has 0 saturated carbocycles. The molecule has 2 N–H and O–H groups in total. The van der Waals surface area contributed by atoms with Crippen LogP contribution in [0.2, 0.25) is 0 Å². The molecular formula is C11H23NO3. The number of rotatable bonds is 7. The van der Waals surface area contributed by atoms with Gasteiger partial charge in [0.15, 0.2) is 0 Å². The molecule has 0 amide bonds. The number of nitrogens with one attached hydrogen (secondary N) is 1. The first-order chi connectivity index (χ1) is 7.02. The van der Waals surface area contributed by atoms with E-state index in [9.17, 15) is 4.79 Å². The van der Waals surface area contributed by atoms with Gasteiger partial charge in [-0.3, -0.25) is 4.79 Å². The zero-order valence-electron chi connectivity index (χ0n) is 10.1. The lowest BCUT2D eigenvalue weighted by Crippen LogP contribution is -2.41. The third kappa shape index (κ3) is 5.74. The summed E-state index contributed by atoms with van der Waals surface area (Å²) in [6.45, 7) is 8.72. The van der Waals surface area contributed by atoms with Gasteiger partial charge < -0.3 is 15.2 Å². The highest BCUT2D eigenvalue weighted by atomic mass is 16.5. The average molecular weight is 217 g/mol. The zero-order chi connectivity index (χ0) is 11.8. The molecule has 15 heavy (non-hydrogen) atoms. The average Bonchev–Trinajstić information content (AvgIpc) is 2.18. The van der Waals surface area contributed by atoms with Crippen molar-refractivity contribution in [3.8, 4) is 0 Å². The van der Waals surface area contributed by atoms with Gasteiger partial charge in [-0.1, -0.05) is 20.8 Å². The number of hydrogen-bond donors (Lipinski definition) is 2. The van der Waals surface area contributed by atoms with Crippen molar-refractivity contribution in [3.05, 3.63) is 0 Å². The highest BCUT2D eigenvalue weighted by molar-refractivity contribution is 5.72. The predicted molar refractivity (Wildman–Crippen MR) is 59.5 cm³/mol. The molecule has 0 heterocycles. The van der Waals surface area contributed by atoms with E-state index in [2.05, 4.69) is 5.32 Å². The minimum atomic E-state index is -0.189. The lowest BCUT2D eigenvalue weighted by molar-refractivity contribution is -0.147. The molecule has 2 atom stereocenters. The maximum atomic E-state index is 11.3. The van der Waals surface area contributed by atoms with Gasteiger partial charge in [-0.25, -0.2) is 0 Å². The van der Waals surface area contributed by atoms with Gasteiger partial charge in [-0.05, 0) is 12.8 Å². The zero-order valence-corrected chi connectivity index (χ0v) is 10.1. The number of esters is 1. The summed E-state index contributed by atoms with van der Waals surface area (Å²) in [5.41, 5.74) is 0. The Morgan fingerprint density at radius 3 is 2.40 bits per heavy atom. The Bertz CT molecular complexity index is 183. The molecule has 4 nitrogen and oxygen atoms in total. The van der Waals surface area contributed by atoms with Gasteiger partial charge in [0.05, 0.1) is 19.1 Å². The van der Waals surface area contributed by atoms with Crippen molar-refractivity contribution in [2.24, 2.45) is 11.8 Å². The predicted octanol–water partition coefficient (Wildman–Crippen LogP) is 0.792. The van der Waals surface area contributed by atoms with E-state index in [-0.39, 0.29) is 24.5 Å². The molecule has 4 heteroatoms. The van der Waals surface area contributed by atoms with Crippen molar-refractivity contribution in [2.75, 3.05) is 19.8 Å². The Morgan fingerprint density at radius 1 is 1.40 bits per heavy atom. The molecule has 0 aliphatic rings. The number of carbonyl (C=O) groups is 1. The summed E-state index contributed by atoms with van der Waals surface area (Å²) in [4.78, 5) is 11.3. The van der Waals surface area contributed by atoms with Crippen molar-refractivity contribution < 1.29 is 14.6 Å². The van der Waals surface area contributed by atoms with Crippen LogP contribution in [-0.2, 0) is 9.53 Å². The van der Waals surface area contributed by atoms with E-state index in [0.717, 1.165) is 0 Å². The lowest BCUT2D eigenvalue weighted by atomic mass is 10.0.